The Morgan fingerprint density at radius 3 is 2.79 bits per heavy atom. The lowest BCUT2D eigenvalue weighted by atomic mass is 10.1. The number of nitrogens with zero attached hydrogens (tertiary/aromatic N) is 2. The molecule has 0 aliphatic heterocycles. The van der Waals surface area contributed by atoms with E-state index in [4.69, 9.17) is 0 Å². The van der Waals surface area contributed by atoms with Crippen molar-refractivity contribution in [1.82, 2.24) is 15.0 Å². The fourth-order valence-corrected chi connectivity index (χ4v) is 1.99. The van der Waals surface area contributed by atoms with Gasteiger partial charge in [0, 0.05) is 17.1 Å². The molecule has 4 nitrogen and oxygen atoms in total. The molecule has 1 aromatic carbocycles. The van der Waals surface area contributed by atoms with Crippen molar-refractivity contribution >= 4 is 10.9 Å². The number of aryl methyl sites for hydroxylation is 1. The Balaban J connectivity index is 2.34. The van der Waals surface area contributed by atoms with Crippen molar-refractivity contribution in [3.05, 3.63) is 58.4 Å². The van der Waals surface area contributed by atoms with Crippen molar-refractivity contribution in [2.45, 2.75) is 6.92 Å². The first-order valence-corrected chi connectivity index (χ1v) is 5.77. The molecular weight excluding hydrogens is 245 g/mol. The van der Waals surface area contributed by atoms with Gasteiger partial charge in [0.05, 0.1) is 11.2 Å². The highest BCUT2D eigenvalue weighted by Crippen LogP contribution is 2.23. The van der Waals surface area contributed by atoms with Crippen LogP contribution in [0.15, 0.2) is 41.3 Å². The Labute approximate surface area is 108 Å². The van der Waals surface area contributed by atoms with Crippen molar-refractivity contribution in [3.8, 4) is 11.4 Å². The Morgan fingerprint density at radius 2 is 2.00 bits per heavy atom. The third-order valence-corrected chi connectivity index (χ3v) is 2.92. The second-order valence-electron chi connectivity index (χ2n) is 4.19. The van der Waals surface area contributed by atoms with Gasteiger partial charge in [-0.05, 0) is 19.1 Å². The highest BCUT2D eigenvalue weighted by Gasteiger charge is 2.11. The van der Waals surface area contributed by atoms with Crippen molar-refractivity contribution in [3.63, 3.8) is 0 Å². The quantitative estimate of drug-likeness (QED) is 0.726. The van der Waals surface area contributed by atoms with Gasteiger partial charge in [-0.2, -0.15) is 4.39 Å². The van der Waals surface area contributed by atoms with E-state index in [-0.39, 0.29) is 5.69 Å². The van der Waals surface area contributed by atoms with Gasteiger partial charge in [0.2, 0.25) is 5.82 Å². The summed E-state index contributed by atoms with van der Waals surface area (Å²) in [6, 6.07) is 9.31. The molecule has 0 radical (unpaired) electrons. The molecule has 5 heteroatoms. The van der Waals surface area contributed by atoms with E-state index in [9.17, 15) is 9.18 Å². The van der Waals surface area contributed by atoms with Crippen molar-refractivity contribution in [2.75, 3.05) is 0 Å². The van der Waals surface area contributed by atoms with E-state index in [0.717, 1.165) is 10.9 Å². The Bertz CT molecular complexity index is 821. The molecule has 1 N–H and O–H groups in total. The predicted molar refractivity (Wildman–Crippen MR) is 70.3 cm³/mol. The molecule has 0 aliphatic carbocycles. The number of hydrogen-bond donors (Lipinski definition) is 1. The highest BCUT2D eigenvalue weighted by atomic mass is 19.1. The second kappa shape index (κ2) is 4.28. The number of aromatic amines is 1. The zero-order valence-electron chi connectivity index (χ0n) is 10.1. The van der Waals surface area contributed by atoms with E-state index < -0.39 is 11.4 Å². The lowest BCUT2D eigenvalue weighted by Crippen LogP contribution is -2.15. The molecule has 0 unspecified atom stereocenters. The molecule has 0 saturated carbocycles. The van der Waals surface area contributed by atoms with Crippen LogP contribution in [0.3, 0.4) is 0 Å². The van der Waals surface area contributed by atoms with E-state index in [1.807, 2.05) is 24.3 Å². The monoisotopic (exact) mass is 255 g/mol. The minimum Gasteiger partial charge on any atom is -0.304 e. The molecule has 2 aromatic heterocycles. The zero-order chi connectivity index (χ0) is 13.4. The van der Waals surface area contributed by atoms with Gasteiger partial charge in [-0.15, -0.1) is 0 Å². The molecule has 0 fully saturated rings. The first-order valence-electron chi connectivity index (χ1n) is 5.77. The third kappa shape index (κ3) is 1.89. The minimum absolute atomic E-state index is 0.0756. The van der Waals surface area contributed by atoms with Gasteiger partial charge in [0.15, 0.2) is 0 Å². The second-order valence-corrected chi connectivity index (χ2v) is 4.19. The fourth-order valence-electron chi connectivity index (χ4n) is 1.99. The molecule has 0 amide bonds. The molecule has 3 rings (SSSR count). The summed E-state index contributed by atoms with van der Waals surface area (Å²) in [6.45, 7) is 1.46. The number of benzene rings is 1. The fraction of sp³-hybridized carbons (Fsp3) is 0.0714. The van der Waals surface area contributed by atoms with Crippen LogP contribution < -0.4 is 5.56 Å². The lowest BCUT2D eigenvalue weighted by molar-refractivity contribution is 0.589. The van der Waals surface area contributed by atoms with Gasteiger partial charge in [0.25, 0.3) is 5.56 Å². The van der Waals surface area contributed by atoms with E-state index in [2.05, 4.69) is 15.0 Å². The third-order valence-electron chi connectivity index (χ3n) is 2.92. The van der Waals surface area contributed by atoms with Gasteiger partial charge in [-0.3, -0.25) is 9.78 Å². The number of fused-ring (bicyclic) bond motifs is 1. The summed E-state index contributed by atoms with van der Waals surface area (Å²) >= 11 is 0. The van der Waals surface area contributed by atoms with E-state index in [1.54, 1.807) is 12.3 Å². The van der Waals surface area contributed by atoms with E-state index in [1.165, 1.54) is 6.92 Å². The average molecular weight is 255 g/mol. The maximum Gasteiger partial charge on any atom is 0.287 e. The number of pyridine rings is 1. The van der Waals surface area contributed by atoms with Crippen LogP contribution in [0.5, 0.6) is 0 Å². The number of halogens is 1. The Morgan fingerprint density at radius 1 is 1.21 bits per heavy atom. The molecule has 2 heterocycles. The van der Waals surface area contributed by atoms with Gasteiger partial charge < -0.3 is 4.98 Å². The number of aromatic nitrogens is 3. The molecule has 0 spiro atoms. The summed E-state index contributed by atoms with van der Waals surface area (Å²) in [5.74, 6) is -0.523. The van der Waals surface area contributed by atoms with Gasteiger partial charge in [0.1, 0.15) is 5.82 Å². The molecule has 0 bridgehead atoms. The van der Waals surface area contributed by atoms with Crippen molar-refractivity contribution < 1.29 is 4.39 Å². The number of H-pyrrole nitrogens is 1. The summed E-state index contributed by atoms with van der Waals surface area (Å²) in [5.41, 5.74) is 0.708. The van der Waals surface area contributed by atoms with Gasteiger partial charge in [-0.25, -0.2) is 4.98 Å². The summed E-state index contributed by atoms with van der Waals surface area (Å²) < 4.78 is 13.3. The van der Waals surface area contributed by atoms with E-state index >= 15 is 0 Å². The first-order chi connectivity index (χ1) is 9.16. The molecule has 19 heavy (non-hydrogen) atoms. The van der Waals surface area contributed by atoms with Crippen LogP contribution in [0.1, 0.15) is 5.69 Å². The summed E-state index contributed by atoms with van der Waals surface area (Å²) in [4.78, 5) is 22.3. The molecule has 0 atom stereocenters. The summed E-state index contributed by atoms with van der Waals surface area (Å²) in [7, 11) is 0. The predicted octanol–water partition coefficient (Wildman–Crippen LogP) is 2.43. The smallest absolute Gasteiger partial charge is 0.287 e. The standard InChI is InChI=1S/C14H10FN3O/c1-8-11(15)14(19)18-13(17-8)10-6-2-4-9-5-3-7-16-12(9)10/h2-7H,1H3,(H,17,18,19). The van der Waals surface area contributed by atoms with Crippen LogP contribution in [0.25, 0.3) is 22.3 Å². The number of rotatable bonds is 1. The number of hydrogen-bond acceptors (Lipinski definition) is 3. The summed E-state index contributed by atoms with van der Waals surface area (Å²) in [5, 5.41) is 0.935. The normalized spacial score (nSPS) is 10.8. The number of nitrogens with one attached hydrogen (secondary N) is 1. The Hall–Kier alpha value is -2.56. The van der Waals surface area contributed by atoms with Crippen LogP contribution in [-0.4, -0.2) is 15.0 Å². The van der Waals surface area contributed by atoms with Crippen LogP contribution in [0, 0.1) is 12.7 Å². The average Bonchev–Trinajstić information content (AvgIpc) is 2.43. The highest BCUT2D eigenvalue weighted by molar-refractivity contribution is 5.91. The largest absolute Gasteiger partial charge is 0.304 e. The van der Waals surface area contributed by atoms with Crippen LogP contribution in [0.2, 0.25) is 0 Å². The zero-order valence-corrected chi connectivity index (χ0v) is 10.1. The van der Waals surface area contributed by atoms with Crippen LogP contribution >= 0.6 is 0 Å². The molecule has 0 saturated heterocycles. The minimum atomic E-state index is -0.850. The maximum atomic E-state index is 13.3. The number of para-hydroxylation sites is 1. The molecule has 94 valence electrons. The maximum absolute atomic E-state index is 13.3. The van der Waals surface area contributed by atoms with Crippen molar-refractivity contribution in [1.29, 1.82) is 0 Å². The van der Waals surface area contributed by atoms with E-state index in [0.29, 0.717) is 11.4 Å². The lowest BCUT2D eigenvalue weighted by Gasteiger charge is -2.05. The Kier molecular flexibility index (Phi) is 2.59. The topological polar surface area (TPSA) is 58.6 Å². The van der Waals surface area contributed by atoms with Crippen molar-refractivity contribution in [2.24, 2.45) is 0 Å². The van der Waals surface area contributed by atoms with Crippen LogP contribution in [0.4, 0.5) is 4.39 Å². The molecule has 3 aromatic rings. The van der Waals surface area contributed by atoms with Gasteiger partial charge >= 0.3 is 0 Å². The molecular formula is C14H10FN3O. The van der Waals surface area contributed by atoms with Crippen LogP contribution in [-0.2, 0) is 0 Å². The van der Waals surface area contributed by atoms with Gasteiger partial charge in [-0.1, -0.05) is 18.2 Å². The molecule has 0 aliphatic rings. The first kappa shape index (κ1) is 11.5. The SMILES string of the molecule is Cc1nc(-c2cccc3cccnc23)[nH]c(=O)c1F. The summed E-state index contributed by atoms with van der Waals surface area (Å²) in [6.07, 6.45) is 1.67.